The Kier molecular flexibility index (Phi) is 5.75. The smallest absolute Gasteiger partial charge is 0.248 e. The molecule has 1 N–H and O–H groups in total. The Morgan fingerprint density at radius 3 is 3.21 bits per heavy atom. The van der Waals surface area contributed by atoms with Crippen LogP contribution in [-0.4, -0.2) is 55.2 Å². The second kappa shape index (κ2) is 7.57. The largest absolute Gasteiger partial charge is 0.371 e. The van der Waals surface area contributed by atoms with Crippen molar-refractivity contribution in [3.05, 3.63) is 16.1 Å². The summed E-state index contributed by atoms with van der Waals surface area (Å²) in [5.41, 5.74) is 2.92. The number of carbonyl (C=O) groups is 1. The van der Waals surface area contributed by atoms with E-state index in [0.717, 1.165) is 44.7 Å². The molecule has 1 amide bonds. The van der Waals surface area contributed by atoms with Crippen molar-refractivity contribution < 1.29 is 9.53 Å². The molecule has 0 atom stereocenters. The Balaban J connectivity index is 1.64. The van der Waals surface area contributed by atoms with Crippen LogP contribution in [0.3, 0.4) is 0 Å². The summed E-state index contributed by atoms with van der Waals surface area (Å²) in [5, 5.41) is 3.28. The third kappa shape index (κ3) is 4.56. The van der Waals surface area contributed by atoms with Crippen LogP contribution in [0.25, 0.3) is 0 Å². The molecule has 106 valence electrons. The van der Waals surface area contributed by atoms with E-state index in [-0.39, 0.29) is 12.5 Å². The molecule has 0 saturated carbocycles. The zero-order valence-electron chi connectivity index (χ0n) is 11.4. The summed E-state index contributed by atoms with van der Waals surface area (Å²) in [6.45, 7) is 6.28. The van der Waals surface area contributed by atoms with Gasteiger partial charge in [0, 0.05) is 30.9 Å². The lowest BCUT2D eigenvalue weighted by atomic mass is 10.3. The molecular weight excluding hydrogens is 262 g/mol. The fraction of sp³-hybridized carbons (Fsp3) is 0.692. The summed E-state index contributed by atoms with van der Waals surface area (Å²) in [5.74, 6) is 0.102. The molecule has 19 heavy (non-hydrogen) atoms. The van der Waals surface area contributed by atoms with Crippen LogP contribution < -0.4 is 5.32 Å². The number of amides is 1. The number of thiazole rings is 1. The average molecular weight is 283 g/mol. The molecule has 1 aliphatic heterocycles. The van der Waals surface area contributed by atoms with Crippen LogP contribution in [0.2, 0.25) is 0 Å². The van der Waals surface area contributed by atoms with Gasteiger partial charge >= 0.3 is 0 Å². The first-order valence-electron chi connectivity index (χ1n) is 6.72. The van der Waals surface area contributed by atoms with Gasteiger partial charge in [0.25, 0.3) is 0 Å². The van der Waals surface area contributed by atoms with Crippen LogP contribution in [-0.2, 0) is 16.0 Å². The van der Waals surface area contributed by atoms with Gasteiger partial charge < -0.3 is 15.0 Å². The maximum absolute atomic E-state index is 11.9. The molecule has 2 heterocycles. The van der Waals surface area contributed by atoms with Crippen LogP contribution in [0.5, 0.6) is 0 Å². The van der Waals surface area contributed by atoms with Crippen molar-refractivity contribution in [2.24, 2.45) is 0 Å². The highest BCUT2D eigenvalue weighted by molar-refractivity contribution is 7.09. The minimum absolute atomic E-state index is 0.102. The van der Waals surface area contributed by atoms with E-state index in [4.69, 9.17) is 4.74 Å². The standard InChI is InChI=1S/C13H21N3O2S/c1-11-12(19-10-15-11)3-8-18-9-13(17)16-6-2-4-14-5-7-16/h10,14H,2-9H2,1H3. The fourth-order valence-electron chi connectivity index (χ4n) is 2.08. The molecule has 0 radical (unpaired) electrons. The maximum Gasteiger partial charge on any atom is 0.248 e. The van der Waals surface area contributed by atoms with Gasteiger partial charge in [-0.25, -0.2) is 4.98 Å². The summed E-state index contributed by atoms with van der Waals surface area (Å²) in [4.78, 5) is 19.3. The van der Waals surface area contributed by atoms with E-state index in [1.807, 2.05) is 17.3 Å². The van der Waals surface area contributed by atoms with Gasteiger partial charge in [0.05, 0.1) is 17.8 Å². The molecule has 1 saturated heterocycles. The lowest BCUT2D eigenvalue weighted by Crippen LogP contribution is -2.36. The summed E-state index contributed by atoms with van der Waals surface area (Å²) in [7, 11) is 0. The molecule has 1 aromatic rings. The van der Waals surface area contributed by atoms with Crippen LogP contribution in [0.1, 0.15) is 17.0 Å². The number of aromatic nitrogens is 1. The number of nitrogens with one attached hydrogen (secondary N) is 1. The predicted octanol–water partition coefficient (Wildman–Crippen LogP) is 0.833. The number of hydrogen-bond donors (Lipinski definition) is 1. The number of carbonyl (C=O) groups excluding carboxylic acids is 1. The minimum Gasteiger partial charge on any atom is -0.371 e. The molecule has 0 aromatic carbocycles. The Morgan fingerprint density at radius 1 is 1.53 bits per heavy atom. The quantitative estimate of drug-likeness (QED) is 0.813. The Hall–Kier alpha value is -0.980. The maximum atomic E-state index is 11.9. The first-order valence-corrected chi connectivity index (χ1v) is 7.60. The number of ether oxygens (including phenoxy) is 1. The van der Waals surface area contributed by atoms with Crippen molar-refractivity contribution in [1.29, 1.82) is 0 Å². The van der Waals surface area contributed by atoms with E-state index < -0.39 is 0 Å². The fourth-order valence-corrected chi connectivity index (χ4v) is 2.84. The highest BCUT2D eigenvalue weighted by Crippen LogP contribution is 2.12. The average Bonchev–Trinajstić information content (AvgIpc) is 2.68. The van der Waals surface area contributed by atoms with E-state index >= 15 is 0 Å². The Morgan fingerprint density at radius 2 is 2.42 bits per heavy atom. The van der Waals surface area contributed by atoms with Crippen LogP contribution >= 0.6 is 11.3 Å². The predicted molar refractivity (Wildman–Crippen MR) is 75.4 cm³/mol. The molecule has 2 rings (SSSR count). The molecule has 6 heteroatoms. The van der Waals surface area contributed by atoms with Gasteiger partial charge in [-0.15, -0.1) is 11.3 Å². The summed E-state index contributed by atoms with van der Waals surface area (Å²) >= 11 is 1.64. The highest BCUT2D eigenvalue weighted by atomic mass is 32.1. The van der Waals surface area contributed by atoms with Crippen LogP contribution in [0.15, 0.2) is 5.51 Å². The molecule has 0 bridgehead atoms. The number of aryl methyl sites for hydroxylation is 1. The van der Waals surface area contributed by atoms with Crippen molar-refractivity contribution in [3.63, 3.8) is 0 Å². The summed E-state index contributed by atoms with van der Waals surface area (Å²) in [6.07, 6.45) is 1.86. The van der Waals surface area contributed by atoms with Gasteiger partial charge in [0.2, 0.25) is 5.91 Å². The van der Waals surface area contributed by atoms with Crippen molar-refractivity contribution >= 4 is 17.2 Å². The monoisotopic (exact) mass is 283 g/mol. The second-order valence-corrected chi connectivity index (χ2v) is 5.59. The topological polar surface area (TPSA) is 54.5 Å². The molecule has 1 fully saturated rings. The van der Waals surface area contributed by atoms with Crippen molar-refractivity contribution in [3.8, 4) is 0 Å². The zero-order valence-corrected chi connectivity index (χ0v) is 12.2. The third-order valence-corrected chi connectivity index (χ3v) is 4.23. The summed E-state index contributed by atoms with van der Waals surface area (Å²) in [6, 6.07) is 0. The minimum atomic E-state index is 0.102. The first kappa shape index (κ1) is 14.4. The lowest BCUT2D eigenvalue weighted by Gasteiger charge is -2.19. The number of hydrogen-bond acceptors (Lipinski definition) is 5. The van der Waals surface area contributed by atoms with Gasteiger partial charge in [-0.2, -0.15) is 0 Å². The molecule has 0 spiro atoms. The third-order valence-electron chi connectivity index (χ3n) is 3.24. The SMILES string of the molecule is Cc1ncsc1CCOCC(=O)N1CCCNCC1. The van der Waals surface area contributed by atoms with Crippen molar-refractivity contribution in [1.82, 2.24) is 15.2 Å². The molecule has 1 aliphatic rings. The van der Waals surface area contributed by atoms with E-state index in [2.05, 4.69) is 10.3 Å². The van der Waals surface area contributed by atoms with Crippen LogP contribution in [0.4, 0.5) is 0 Å². The molecule has 5 nitrogen and oxygen atoms in total. The normalized spacial score (nSPS) is 16.4. The van der Waals surface area contributed by atoms with Gasteiger partial charge in [-0.3, -0.25) is 4.79 Å². The Labute approximate surface area is 118 Å². The molecule has 0 unspecified atom stereocenters. The lowest BCUT2D eigenvalue weighted by molar-refractivity contribution is -0.135. The second-order valence-electron chi connectivity index (χ2n) is 4.65. The molecule has 1 aromatic heterocycles. The van der Waals surface area contributed by atoms with Gasteiger partial charge in [0.1, 0.15) is 6.61 Å². The van der Waals surface area contributed by atoms with Gasteiger partial charge in [-0.1, -0.05) is 0 Å². The number of nitrogens with zero attached hydrogens (tertiary/aromatic N) is 2. The van der Waals surface area contributed by atoms with E-state index in [0.29, 0.717) is 6.61 Å². The first-order chi connectivity index (χ1) is 9.27. The van der Waals surface area contributed by atoms with E-state index in [1.165, 1.54) is 4.88 Å². The summed E-state index contributed by atoms with van der Waals surface area (Å²) < 4.78 is 5.49. The Bertz CT molecular complexity index is 400. The molecule has 0 aliphatic carbocycles. The van der Waals surface area contributed by atoms with Crippen molar-refractivity contribution in [2.45, 2.75) is 19.8 Å². The highest BCUT2D eigenvalue weighted by Gasteiger charge is 2.15. The van der Waals surface area contributed by atoms with Gasteiger partial charge in [-0.05, 0) is 19.9 Å². The number of rotatable bonds is 5. The zero-order chi connectivity index (χ0) is 13.5. The van der Waals surface area contributed by atoms with E-state index in [1.54, 1.807) is 11.3 Å². The van der Waals surface area contributed by atoms with Gasteiger partial charge in [0.15, 0.2) is 0 Å². The van der Waals surface area contributed by atoms with Crippen molar-refractivity contribution in [2.75, 3.05) is 39.4 Å². The van der Waals surface area contributed by atoms with E-state index in [9.17, 15) is 4.79 Å². The van der Waals surface area contributed by atoms with Crippen LogP contribution in [0, 0.1) is 6.92 Å². The molecular formula is C13H21N3O2S.